The second-order valence-corrected chi connectivity index (χ2v) is 4.21. The maximum absolute atomic E-state index is 11.3. The van der Waals surface area contributed by atoms with Crippen LogP contribution in [0.5, 0.6) is 0 Å². The molecule has 0 saturated carbocycles. The first kappa shape index (κ1) is 9.46. The van der Waals surface area contributed by atoms with Crippen molar-refractivity contribution in [3.8, 4) is 0 Å². The number of Topliss-reactive ketones (excluding diaryl/α,β-unsaturated/α-hetero) is 1. The number of H-pyrrole nitrogens is 1. The molecule has 0 aliphatic rings. The van der Waals surface area contributed by atoms with Crippen LogP contribution in [0.2, 0.25) is 0 Å². The van der Waals surface area contributed by atoms with Gasteiger partial charge in [0.1, 0.15) is 0 Å². The van der Waals surface area contributed by atoms with E-state index in [9.17, 15) is 4.79 Å². The van der Waals surface area contributed by atoms with Crippen LogP contribution in [0, 0.1) is 6.92 Å². The second-order valence-electron chi connectivity index (χ2n) is 3.35. The monoisotopic (exact) mass is 251 g/mol. The predicted octanol–water partition coefficient (Wildman–Crippen LogP) is 3.44. The number of ketones is 1. The summed E-state index contributed by atoms with van der Waals surface area (Å²) in [5, 5.41) is 0.998. The molecule has 0 unspecified atom stereocenters. The van der Waals surface area contributed by atoms with Crippen LogP contribution in [0.3, 0.4) is 0 Å². The summed E-state index contributed by atoms with van der Waals surface area (Å²) < 4.78 is 1.06. The van der Waals surface area contributed by atoms with Crippen LogP contribution in [0.25, 0.3) is 10.9 Å². The molecule has 1 aromatic heterocycles. The van der Waals surface area contributed by atoms with E-state index in [1.165, 1.54) is 0 Å². The lowest BCUT2D eigenvalue weighted by Crippen LogP contribution is -1.88. The van der Waals surface area contributed by atoms with E-state index in [1.807, 2.05) is 19.1 Å². The van der Waals surface area contributed by atoms with Gasteiger partial charge in [-0.1, -0.05) is 22.0 Å². The van der Waals surface area contributed by atoms with E-state index >= 15 is 0 Å². The first-order valence-corrected chi connectivity index (χ1v) is 5.17. The van der Waals surface area contributed by atoms with E-state index < -0.39 is 0 Å². The van der Waals surface area contributed by atoms with Crippen molar-refractivity contribution >= 4 is 32.6 Å². The van der Waals surface area contributed by atoms with Gasteiger partial charge in [-0.25, -0.2) is 0 Å². The van der Waals surface area contributed by atoms with Gasteiger partial charge in [-0.2, -0.15) is 0 Å². The molecule has 0 spiro atoms. The number of fused-ring (bicyclic) bond motifs is 1. The summed E-state index contributed by atoms with van der Waals surface area (Å²) >= 11 is 3.46. The number of carbonyl (C=O) groups is 1. The van der Waals surface area contributed by atoms with Crippen molar-refractivity contribution in [1.29, 1.82) is 0 Å². The number of rotatable bonds is 1. The van der Waals surface area contributed by atoms with Crippen molar-refractivity contribution in [3.05, 3.63) is 33.9 Å². The molecule has 72 valence electrons. The Hall–Kier alpha value is -1.09. The van der Waals surface area contributed by atoms with E-state index in [4.69, 9.17) is 0 Å². The Bertz CT molecular complexity index is 513. The SMILES string of the molecule is CC(=O)c1c[nH]c2c(C)c(Br)ccc12. The molecule has 2 nitrogen and oxygen atoms in total. The van der Waals surface area contributed by atoms with Gasteiger partial charge in [0.2, 0.25) is 0 Å². The fourth-order valence-electron chi connectivity index (χ4n) is 1.61. The smallest absolute Gasteiger partial charge is 0.161 e. The number of carbonyl (C=O) groups excluding carboxylic acids is 1. The van der Waals surface area contributed by atoms with E-state index in [-0.39, 0.29) is 5.78 Å². The third-order valence-corrected chi connectivity index (χ3v) is 3.29. The summed E-state index contributed by atoms with van der Waals surface area (Å²) in [5.41, 5.74) is 2.93. The first-order chi connectivity index (χ1) is 6.61. The normalized spacial score (nSPS) is 10.8. The molecule has 1 aromatic carbocycles. The van der Waals surface area contributed by atoms with Crippen molar-refractivity contribution < 1.29 is 4.79 Å². The lowest BCUT2D eigenvalue weighted by molar-refractivity contribution is 0.101. The number of aryl methyl sites for hydroxylation is 1. The largest absolute Gasteiger partial charge is 0.360 e. The summed E-state index contributed by atoms with van der Waals surface area (Å²) in [6.45, 7) is 3.60. The zero-order valence-electron chi connectivity index (χ0n) is 8.02. The minimum atomic E-state index is 0.0953. The molecule has 1 N–H and O–H groups in total. The summed E-state index contributed by atoms with van der Waals surface area (Å²) in [6.07, 6.45) is 1.77. The van der Waals surface area contributed by atoms with Gasteiger partial charge in [0.25, 0.3) is 0 Å². The standard InChI is InChI=1S/C11H10BrNO/c1-6-10(12)4-3-8-9(7(2)14)5-13-11(6)8/h3-5,13H,1-2H3. The zero-order valence-corrected chi connectivity index (χ0v) is 9.60. The average molecular weight is 252 g/mol. The van der Waals surface area contributed by atoms with Crippen LogP contribution in [-0.2, 0) is 0 Å². The van der Waals surface area contributed by atoms with Crippen LogP contribution < -0.4 is 0 Å². The van der Waals surface area contributed by atoms with Crippen molar-refractivity contribution in [2.45, 2.75) is 13.8 Å². The van der Waals surface area contributed by atoms with Crippen molar-refractivity contribution in [2.75, 3.05) is 0 Å². The maximum atomic E-state index is 11.3. The predicted molar refractivity (Wildman–Crippen MR) is 60.7 cm³/mol. The quantitative estimate of drug-likeness (QED) is 0.775. The third-order valence-electron chi connectivity index (χ3n) is 2.43. The highest BCUT2D eigenvalue weighted by atomic mass is 79.9. The molecule has 2 aromatic rings. The Balaban J connectivity index is 2.83. The van der Waals surface area contributed by atoms with Crippen molar-refractivity contribution in [3.63, 3.8) is 0 Å². The van der Waals surface area contributed by atoms with Crippen molar-refractivity contribution in [2.24, 2.45) is 0 Å². The second kappa shape index (κ2) is 3.24. The maximum Gasteiger partial charge on any atom is 0.161 e. The number of nitrogens with one attached hydrogen (secondary N) is 1. The molecule has 0 bridgehead atoms. The highest BCUT2D eigenvalue weighted by Gasteiger charge is 2.10. The number of aromatic nitrogens is 1. The van der Waals surface area contributed by atoms with Gasteiger partial charge < -0.3 is 4.98 Å². The van der Waals surface area contributed by atoms with Crippen LogP contribution in [0.4, 0.5) is 0 Å². The molecule has 0 amide bonds. The zero-order chi connectivity index (χ0) is 10.3. The molecular weight excluding hydrogens is 242 g/mol. The molecule has 3 heteroatoms. The van der Waals surface area contributed by atoms with Gasteiger partial charge in [-0.3, -0.25) is 4.79 Å². The number of aromatic amines is 1. The van der Waals surface area contributed by atoms with Gasteiger partial charge in [0.05, 0.1) is 5.52 Å². The molecule has 2 rings (SSSR count). The molecule has 14 heavy (non-hydrogen) atoms. The Morgan fingerprint density at radius 3 is 2.79 bits per heavy atom. The minimum absolute atomic E-state index is 0.0953. The van der Waals surface area contributed by atoms with Crippen LogP contribution >= 0.6 is 15.9 Å². The summed E-state index contributed by atoms with van der Waals surface area (Å²) in [7, 11) is 0. The van der Waals surface area contributed by atoms with Gasteiger partial charge >= 0.3 is 0 Å². The molecule has 0 atom stereocenters. The van der Waals surface area contributed by atoms with Gasteiger partial charge in [0, 0.05) is 21.6 Å². The third kappa shape index (κ3) is 1.28. The highest BCUT2D eigenvalue weighted by Crippen LogP contribution is 2.27. The fourth-order valence-corrected chi connectivity index (χ4v) is 1.94. The molecule has 0 aliphatic carbocycles. The topological polar surface area (TPSA) is 32.9 Å². The summed E-state index contributed by atoms with van der Waals surface area (Å²) in [5.74, 6) is 0.0953. The first-order valence-electron chi connectivity index (χ1n) is 4.38. The number of hydrogen-bond acceptors (Lipinski definition) is 1. The van der Waals surface area contributed by atoms with Crippen LogP contribution in [-0.4, -0.2) is 10.8 Å². The average Bonchev–Trinajstić information content (AvgIpc) is 2.55. The fraction of sp³-hybridized carbons (Fsp3) is 0.182. The van der Waals surface area contributed by atoms with Crippen LogP contribution in [0.15, 0.2) is 22.8 Å². The summed E-state index contributed by atoms with van der Waals surface area (Å²) in [6, 6.07) is 3.93. The van der Waals surface area contributed by atoms with E-state index in [0.717, 1.165) is 26.5 Å². The Morgan fingerprint density at radius 1 is 1.43 bits per heavy atom. The molecular formula is C11H10BrNO. The lowest BCUT2D eigenvalue weighted by Gasteiger charge is -1.99. The molecule has 0 fully saturated rings. The lowest BCUT2D eigenvalue weighted by atomic mass is 10.1. The Morgan fingerprint density at radius 2 is 2.14 bits per heavy atom. The van der Waals surface area contributed by atoms with Gasteiger partial charge in [-0.05, 0) is 25.5 Å². The molecule has 0 saturated heterocycles. The van der Waals surface area contributed by atoms with Crippen molar-refractivity contribution in [1.82, 2.24) is 4.98 Å². The molecule has 0 aliphatic heterocycles. The number of benzene rings is 1. The van der Waals surface area contributed by atoms with E-state index in [2.05, 4.69) is 20.9 Å². The highest BCUT2D eigenvalue weighted by molar-refractivity contribution is 9.10. The molecule has 1 heterocycles. The van der Waals surface area contributed by atoms with Gasteiger partial charge in [-0.15, -0.1) is 0 Å². The number of halogens is 1. The Labute approximate surface area is 90.4 Å². The van der Waals surface area contributed by atoms with Crippen LogP contribution in [0.1, 0.15) is 22.8 Å². The molecule has 0 radical (unpaired) electrons. The van der Waals surface area contributed by atoms with E-state index in [1.54, 1.807) is 13.1 Å². The summed E-state index contributed by atoms with van der Waals surface area (Å²) in [4.78, 5) is 14.4. The minimum Gasteiger partial charge on any atom is -0.360 e. The van der Waals surface area contributed by atoms with E-state index in [0.29, 0.717) is 0 Å². The van der Waals surface area contributed by atoms with Gasteiger partial charge in [0.15, 0.2) is 5.78 Å². The Kier molecular flexibility index (Phi) is 2.19. The number of hydrogen-bond donors (Lipinski definition) is 1.